The number of rotatable bonds is 72. The number of hydrogen-bond acceptors (Lipinski definition) is 5. The normalized spacial score (nSPS) is 13.2. The van der Waals surface area contributed by atoms with Crippen molar-refractivity contribution in [1.29, 1.82) is 0 Å². The molecule has 0 radical (unpaired) electrons. The lowest BCUT2D eigenvalue weighted by Gasteiger charge is -2.15. The molecular weight excluding hydrogens is 1150 g/mol. The highest BCUT2D eigenvalue weighted by Gasteiger charge is 2.16. The van der Waals surface area contributed by atoms with Gasteiger partial charge in [0, 0.05) is 12.8 Å². The standard InChI is InChI=1S/C89H148O5/c1-3-5-7-9-11-13-15-17-19-21-23-25-27-29-31-33-35-37-39-41-43-44-46-48-50-52-54-56-58-60-62-64-66-68-70-72-74-76-78-80-82-84-89(92)94-87(85-90)86-93-88(91)83-81-79-77-75-73-71-69-67-65-63-61-59-57-55-53-51-49-47-45-42-40-38-36-34-32-30-28-26-24-22-20-18-16-14-12-10-8-6-4-2/h5-8,11-14,17-20,23-26,29,31,35,37,41,43,46,48,52,54,58,60,87,90H,3-4,9-10,15-16,21-22,27-28,30,32-34,36,38-40,42,44-45,47,49-51,53,55-57,59,61-86H2,1-2H3/b7-5-,8-6-,13-11-,14-12-,19-17-,20-18-,25-23-,26-24-,31-29-,37-35-,43-41-,48-46-,54-52-,60-58-. The number of unbranched alkanes of at least 4 members (excludes halogenated alkanes) is 36. The Kier molecular flexibility index (Phi) is 78.3. The number of ether oxygens (including phenoxy) is 2. The van der Waals surface area contributed by atoms with Crippen LogP contribution in [0.3, 0.4) is 0 Å². The summed E-state index contributed by atoms with van der Waals surface area (Å²) in [4.78, 5) is 24.7. The first kappa shape index (κ1) is 89.3. The molecular formula is C89H148O5. The van der Waals surface area contributed by atoms with Crippen LogP contribution in [0.1, 0.15) is 361 Å². The van der Waals surface area contributed by atoms with Crippen molar-refractivity contribution in [2.75, 3.05) is 13.2 Å². The average Bonchev–Trinajstić information content (AvgIpc) is 3.77. The van der Waals surface area contributed by atoms with Gasteiger partial charge in [-0.1, -0.05) is 389 Å². The Morgan fingerprint density at radius 2 is 0.426 bits per heavy atom. The third kappa shape index (κ3) is 79.7. The molecule has 0 aromatic rings. The second-order valence-electron chi connectivity index (χ2n) is 26.0. The lowest BCUT2D eigenvalue weighted by atomic mass is 10.0. The molecule has 534 valence electrons. The van der Waals surface area contributed by atoms with Crippen molar-refractivity contribution >= 4 is 11.9 Å². The smallest absolute Gasteiger partial charge is 0.306 e. The van der Waals surface area contributed by atoms with E-state index in [2.05, 4.69) is 184 Å². The van der Waals surface area contributed by atoms with E-state index < -0.39 is 6.10 Å². The summed E-state index contributed by atoms with van der Waals surface area (Å²) in [6.07, 6.45) is 127. The zero-order valence-corrected chi connectivity index (χ0v) is 61.4. The van der Waals surface area contributed by atoms with Crippen LogP contribution in [0, 0.1) is 0 Å². The Hall–Kier alpha value is -4.74. The number of hydrogen-bond donors (Lipinski definition) is 1. The lowest BCUT2D eigenvalue weighted by molar-refractivity contribution is -0.161. The predicted molar refractivity (Wildman–Crippen MR) is 417 cm³/mol. The molecule has 0 amide bonds. The fraction of sp³-hybridized carbons (Fsp3) is 0.663. The minimum absolute atomic E-state index is 0.0715. The molecule has 0 saturated carbocycles. The van der Waals surface area contributed by atoms with Crippen LogP contribution in [0.5, 0.6) is 0 Å². The SMILES string of the molecule is CC/C=C\C/C=C\C/C=C\C/C=C\C/C=C\C/C=C\C/C=C\C/C=C\C/C=C\C/C=C\CCCCCCCCCCCCC(=O)OC(CO)COC(=O)CCCCCCCCCCCCCCCCCCCCCCCCCCCC/C=C\C/C=C\C/C=C\C/C=C\CC. The van der Waals surface area contributed by atoms with E-state index in [1.54, 1.807) is 0 Å². The molecule has 0 aliphatic rings. The molecule has 1 unspecified atom stereocenters. The first-order valence-electron chi connectivity index (χ1n) is 39.7. The summed E-state index contributed by atoms with van der Waals surface area (Å²) in [6.45, 7) is 3.94. The van der Waals surface area contributed by atoms with Gasteiger partial charge in [0.1, 0.15) is 6.61 Å². The third-order valence-corrected chi connectivity index (χ3v) is 17.0. The lowest BCUT2D eigenvalue weighted by Crippen LogP contribution is -2.28. The predicted octanol–water partition coefficient (Wildman–Crippen LogP) is 28.3. The van der Waals surface area contributed by atoms with E-state index in [-0.39, 0.29) is 25.2 Å². The summed E-state index contributed by atoms with van der Waals surface area (Å²) >= 11 is 0. The van der Waals surface area contributed by atoms with Crippen LogP contribution >= 0.6 is 0 Å². The Labute approximate surface area is 583 Å². The highest BCUT2D eigenvalue weighted by molar-refractivity contribution is 5.70. The molecule has 5 heteroatoms. The second kappa shape index (κ2) is 82.5. The van der Waals surface area contributed by atoms with E-state index in [0.29, 0.717) is 12.8 Å². The van der Waals surface area contributed by atoms with Crippen molar-refractivity contribution < 1.29 is 24.2 Å². The van der Waals surface area contributed by atoms with Crippen LogP contribution in [-0.2, 0) is 19.1 Å². The number of carbonyl (C=O) groups is 2. The van der Waals surface area contributed by atoms with E-state index in [1.807, 2.05) is 0 Å². The Bertz CT molecular complexity index is 2010. The Morgan fingerprint density at radius 3 is 0.638 bits per heavy atom. The molecule has 5 nitrogen and oxygen atoms in total. The summed E-state index contributed by atoms with van der Waals surface area (Å²) in [5, 5.41) is 9.73. The maximum absolute atomic E-state index is 12.4. The van der Waals surface area contributed by atoms with Crippen molar-refractivity contribution in [2.24, 2.45) is 0 Å². The number of carbonyl (C=O) groups excluding carboxylic acids is 2. The third-order valence-electron chi connectivity index (χ3n) is 17.0. The van der Waals surface area contributed by atoms with Gasteiger partial charge in [-0.25, -0.2) is 0 Å². The Morgan fingerprint density at radius 1 is 0.245 bits per heavy atom. The highest BCUT2D eigenvalue weighted by Crippen LogP contribution is 2.18. The van der Waals surface area contributed by atoms with Gasteiger partial charge in [0.25, 0.3) is 0 Å². The number of allylic oxidation sites excluding steroid dienone is 28. The zero-order valence-electron chi connectivity index (χ0n) is 61.4. The van der Waals surface area contributed by atoms with E-state index in [9.17, 15) is 14.7 Å². The second-order valence-corrected chi connectivity index (χ2v) is 26.0. The van der Waals surface area contributed by atoms with Crippen LogP contribution in [0.15, 0.2) is 170 Å². The van der Waals surface area contributed by atoms with Crippen LogP contribution in [0.25, 0.3) is 0 Å². The topological polar surface area (TPSA) is 72.8 Å². The average molecular weight is 1300 g/mol. The van der Waals surface area contributed by atoms with E-state index >= 15 is 0 Å². The summed E-state index contributed by atoms with van der Waals surface area (Å²) < 4.78 is 10.8. The Balaban J connectivity index is 3.49. The molecule has 1 N–H and O–H groups in total. The first-order valence-corrected chi connectivity index (χ1v) is 39.7. The minimum Gasteiger partial charge on any atom is -0.462 e. The van der Waals surface area contributed by atoms with Gasteiger partial charge >= 0.3 is 11.9 Å². The van der Waals surface area contributed by atoms with Crippen molar-refractivity contribution in [1.82, 2.24) is 0 Å². The summed E-state index contributed by atoms with van der Waals surface area (Å²) in [6, 6.07) is 0. The van der Waals surface area contributed by atoms with Crippen molar-refractivity contribution in [3.05, 3.63) is 170 Å². The number of aliphatic hydroxyl groups excluding tert-OH is 1. The first-order chi connectivity index (χ1) is 46.6. The monoisotopic (exact) mass is 1300 g/mol. The summed E-state index contributed by atoms with van der Waals surface area (Å²) in [7, 11) is 0. The van der Waals surface area contributed by atoms with Crippen molar-refractivity contribution in [3.63, 3.8) is 0 Å². The minimum atomic E-state index is -0.785. The zero-order chi connectivity index (χ0) is 67.5. The highest BCUT2D eigenvalue weighted by atomic mass is 16.6. The largest absolute Gasteiger partial charge is 0.462 e. The molecule has 0 rings (SSSR count). The summed E-state index contributed by atoms with van der Waals surface area (Å²) in [5.41, 5.74) is 0. The molecule has 0 aliphatic carbocycles. The number of aliphatic hydroxyl groups is 1. The fourth-order valence-electron chi connectivity index (χ4n) is 11.2. The van der Waals surface area contributed by atoms with Crippen molar-refractivity contribution in [2.45, 2.75) is 367 Å². The molecule has 0 bridgehead atoms. The molecule has 0 aromatic carbocycles. The van der Waals surface area contributed by atoms with Gasteiger partial charge in [0.15, 0.2) is 6.10 Å². The van der Waals surface area contributed by atoms with Gasteiger partial charge in [-0.3, -0.25) is 9.59 Å². The van der Waals surface area contributed by atoms with Gasteiger partial charge < -0.3 is 14.6 Å². The molecule has 0 aliphatic heterocycles. The van der Waals surface area contributed by atoms with E-state index in [0.717, 1.165) is 128 Å². The van der Waals surface area contributed by atoms with Gasteiger partial charge in [0.05, 0.1) is 6.61 Å². The van der Waals surface area contributed by atoms with Crippen LogP contribution in [-0.4, -0.2) is 36.4 Å². The molecule has 1 atom stereocenters. The molecule has 94 heavy (non-hydrogen) atoms. The molecule has 0 aromatic heterocycles. The quantitative estimate of drug-likeness (QED) is 0.0373. The van der Waals surface area contributed by atoms with Crippen LogP contribution in [0.2, 0.25) is 0 Å². The maximum atomic E-state index is 12.4. The van der Waals surface area contributed by atoms with Gasteiger partial charge in [-0.15, -0.1) is 0 Å². The molecule has 0 spiro atoms. The van der Waals surface area contributed by atoms with E-state index in [1.165, 1.54) is 205 Å². The van der Waals surface area contributed by atoms with Gasteiger partial charge in [-0.05, 0) is 128 Å². The summed E-state index contributed by atoms with van der Waals surface area (Å²) in [5.74, 6) is -0.589. The molecule has 0 saturated heterocycles. The van der Waals surface area contributed by atoms with Crippen LogP contribution in [0.4, 0.5) is 0 Å². The maximum Gasteiger partial charge on any atom is 0.306 e. The van der Waals surface area contributed by atoms with Crippen molar-refractivity contribution in [3.8, 4) is 0 Å². The van der Waals surface area contributed by atoms with Gasteiger partial charge in [0.2, 0.25) is 0 Å². The van der Waals surface area contributed by atoms with Crippen LogP contribution < -0.4 is 0 Å². The number of esters is 2. The van der Waals surface area contributed by atoms with Gasteiger partial charge in [-0.2, -0.15) is 0 Å². The molecule has 0 heterocycles. The van der Waals surface area contributed by atoms with E-state index in [4.69, 9.17) is 9.47 Å². The fourth-order valence-corrected chi connectivity index (χ4v) is 11.2. The molecule has 0 fully saturated rings.